The summed E-state index contributed by atoms with van der Waals surface area (Å²) in [6, 6.07) is 3.93. The minimum Gasteiger partial charge on any atom is -0.261 e. The lowest BCUT2D eigenvalue weighted by atomic mass is 10.2. The summed E-state index contributed by atoms with van der Waals surface area (Å²) in [5.74, 6) is 0. The smallest absolute Gasteiger partial charge is 0.234 e. The lowest BCUT2D eigenvalue weighted by Gasteiger charge is -1.96. The number of aryl methyl sites for hydroxylation is 1. The number of aliphatic imine (C=N–C) groups is 1. The highest BCUT2D eigenvalue weighted by molar-refractivity contribution is 5.32. The van der Waals surface area contributed by atoms with Crippen LogP contribution in [0.3, 0.4) is 0 Å². The van der Waals surface area contributed by atoms with Crippen LogP contribution < -0.4 is 0 Å². The number of nitrogens with zero attached hydrogens (tertiary/aromatic N) is 2. The van der Waals surface area contributed by atoms with Gasteiger partial charge in [0.25, 0.3) is 0 Å². The molecule has 0 amide bonds. The minimum atomic E-state index is 0.494. The Morgan fingerprint density at radius 1 is 1.58 bits per heavy atom. The predicted molar refractivity (Wildman–Crippen MR) is 45.7 cm³/mol. The van der Waals surface area contributed by atoms with Crippen molar-refractivity contribution in [2.24, 2.45) is 4.99 Å². The predicted octanol–water partition coefficient (Wildman–Crippen LogP) is 1.27. The van der Waals surface area contributed by atoms with Gasteiger partial charge in [-0.15, -0.1) is 0 Å². The van der Waals surface area contributed by atoms with Crippen molar-refractivity contribution >= 4 is 6.08 Å². The van der Waals surface area contributed by atoms with Crippen molar-refractivity contribution in [1.29, 1.82) is 0 Å². The molecule has 0 saturated carbocycles. The molecule has 0 radical (unpaired) electrons. The molecular weight excluding hydrogens is 152 g/mol. The first-order valence-electron chi connectivity index (χ1n) is 3.78. The molecule has 3 heteroatoms. The molecule has 0 fully saturated rings. The van der Waals surface area contributed by atoms with Gasteiger partial charge in [0.15, 0.2) is 0 Å². The summed E-state index contributed by atoms with van der Waals surface area (Å²) in [5.41, 5.74) is 2.09. The summed E-state index contributed by atoms with van der Waals surface area (Å²) in [4.78, 5) is 17.3. The molecule has 62 valence electrons. The van der Waals surface area contributed by atoms with Gasteiger partial charge in [-0.3, -0.25) is 4.98 Å². The molecule has 1 aromatic heterocycles. The molecule has 3 nitrogen and oxygen atoms in total. The molecule has 0 saturated heterocycles. The van der Waals surface area contributed by atoms with Crippen molar-refractivity contribution in [1.82, 2.24) is 4.98 Å². The number of rotatable bonds is 3. The van der Waals surface area contributed by atoms with Crippen molar-refractivity contribution in [3.8, 4) is 0 Å². The van der Waals surface area contributed by atoms with Crippen molar-refractivity contribution < 1.29 is 4.79 Å². The fraction of sp³-hybridized carbons (Fsp3) is 0.333. The average molecular weight is 162 g/mol. The molecule has 0 aliphatic heterocycles. The van der Waals surface area contributed by atoms with Crippen LogP contribution in [0.2, 0.25) is 0 Å². The van der Waals surface area contributed by atoms with Crippen LogP contribution in [0.5, 0.6) is 0 Å². The van der Waals surface area contributed by atoms with E-state index in [1.807, 2.05) is 19.1 Å². The van der Waals surface area contributed by atoms with E-state index < -0.39 is 0 Å². The van der Waals surface area contributed by atoms with Gasteiger partial charge in [-0.05, 0) is 25.0 Å². The average Bonchev–Trinajstić information content (AvgIpc) is 2.09. The highest BCUT2D eigenvalue weighted by Gasteiger charge is 1.91. The van der Waals surface area contributed by atoms with Crippen LogP contribution in [0, 0.1) is 6.92 Å². The maximum absolute atomic E-state index is 9.74. The largest absolute Gasteiger partial charge is 0.261 e. The molecule has 1 aromatic rings. The van der Waals surface area contributed by atoms with Crippen molar-refractivity contribution in [3.05, 3.63) is 29.6 Å². The molecule has 1 heterocycles. The van der Waals surface area contributed by atoms with E-state index in [9.17, 15) is 4.79 Å². The molecule has 0 atom stereocenters. The van der Waals surface area contributed by atoms with Crippen LogP contribution in [0.15, 0.2) is 23.3 Å². The zero-order valence-electron chi connectivity index (χ0n) is 6.95. The first kappa shape index (κ1) is 8.62. The van der Waals surface area contributed by atoms with Gasteiger partial charge in [0.05, 0.1) is 6.54 Å². The Labute approximate surface area is 71.2 Å². The van der Waals surface area contributed by atoms with Gasteiger partial charge in [0, 0.05) is 11.9 Å². The molecule has 1 rings (SSSR count). The normalized spacial score (nSPS) is 9.08. The standard InChI is InChI=1S/C9H10N2O/c1-8-2-3-9(6-11-8)4-5-10-7-12/h2-3,6H,4-5H2,1H3. The first-order chi connectivity index (χ1) is 5.83. The maximum Gasteiger partial charge on any atom is 0.234 e. The van der Waals surface area contributed by atoms with Gasteiger partial charge < -0.3 is 0 Å². The van der Waals surface area contributed by atoms with E-state index in [1.54, 1.807) is 6.20 Å². The molecular formula is C9H10N2O. The Bertz CT molecular complexity index is 286. The van der Waals surface area contributed by atoms with Gasteiger partial charge in [-0.1, -0.05) is 6.07 Å². The zero-order chi connectivity index (χ0) is 8.81. The topological polar surface area (TPSA) is 42.3 Å². The Morgan fingerprint density at radius 2 is 2.42 bits per heavy atom. The van der Waals surface area contributed by atoms with E-state index in [0.29, 0.717) is 6.54 Å². The second kappa shape index (κ2) is 4.42. The van der Waals surface area contributed by atoms with E-state index in [-0.39, 0.29) is 0 Å². The Kier molecular flexibility index (Phi) is 3.17. The third-order valence-corrected chi connectivity index (χ3v) is 1.55. The SMILES string of the molecule is Cc1ccc(CCN=C=O)cn1. The van der Waals surface area contributed by atoms with Crippen LogP contribution >= 0.6 is 0 Å². The summed E-state index contributed by atoms with van der Waals surface area (Å²) < 4.78 is 0. The third-order valence-electron chi connectivity index (χ3n) is 1.55. The monoisotopic (exact) mass is 162 g/mol. The summed E-state index contributed by atoms with van der Waals surface area (Å²) in [7, 11) is 0. The fourth-order valence-electron chi connectivity index (χ4n) is 0.877. The van der Waals surface area contributed by atoms with Gasteiger partial charge >= 0.3 is 0 Å². The van der Waals surface area contributed by atoms with E-state index in [4.69, 9.17) is 0 Å². The van der Waals surface area contributed by atoms with E-state index in [1.165, 1.54) is 6.08 Å². The number of pyridine rings is 1. The van der Waals surface area contributed by atoms with E-state index in [0.717, 1.165) is 17.7 Å². The number of carbonyl (C=O) groups excluding carboxylic acids is 1. The molecule has 0 aliphatic rings. The van der Waals surface area contributed by atoms with E-state index >= 15 is 0 Å². The van der Waals surface area contributed by atoms with Crippen molar-refractivity contribution in [2.45, 2.75) is 13.3 Å². The van der Waals surface area contributed by atoms with Crippen LogP contribution in [0.1, 0.15) is 11.3 Å². The first-order valence-corrected chi connectivity index (χ1v) is 3.78. The molecule has 12 heavy (non-hydrogen) atoms. The number of isocyanates is 1. The van der Waals surface area contributed by atoms with Gasteiger partial charge in [0.2, 0.25) is 6.08 Å². The lowest BCUT2D eigenvalue weighted by Crippen LogP contribution is -1.90. The quantitative estimate of drug-likeness (QED) is 0.496. The summed E-state index contributed by atoms with van der Waals surface area (Å²) >= 11 is 0. The van der Waals surface area contributed by atoms with Crippen LogP contribution in [-0.2, 0) is 11.2 Å². The number of hydrogen-bond donors (Lipinski definition) is 0. The third kappa shape index (κ3) is 2.64. The van der Waals surface area contributed by atoms with Crippen LogP contribution in [-0.4, -0.2) is 17.6 Å². The van der Waals surface area contributed by atoms with Crippen molar-refractivity contribution in [3.63, 3.8) is 0 Å². The van der Waals surface area contributed by atoms with E-state index in [2.05, 4.69) is 9.98 Å². The molecule has 0 aliphatic carbocycles. The Morgan fingerprint density at radius 3 is 3.00 bits per heavy atom. The number of aromatic nitrogens is 1. The Balaban J connectivity index is 2.53. The lowest BCUT2D eigenvalue weighted by molar-refractivity contribution is 0.563. The fourth-order valence-corrected chi connectivity index (χ4v) is 0.877. The number of hydrogen-bond acceptors (Lipinski definition) is 3. The van der Waals surface area contributed by atoms with Crippen LogP contribution in [0.4, 0.5) is 0 Å². The summed E-state index contributed by atoms with van der Waals surface area (Å²) in [5, 5.41) is 0. The minimum absolute atomic E-state index is 0.494. The van der Waals surface area contributed by atoms with Gasteiger partial charge in [0.1, 0.15) is 0 Å². The molecule has 0 unspecified atom stereocenters. The molecule has 0 aromatic carbocycles. The maximum atomic E-state index is 9.74. The van der Waals surface area contributed by atoms with Gasteiger partial charge in [-0.25, -0.2) is 9.79 Å². The highest BCUT2D eigenvalue weighted by atomic mass is 16.1. The zero-order valence-corrected chi connectivity index (χ0v) is 6.95. The molecule has 0 N–H and O–H groups in total. The highest BCUT2D eigenvalue weighted by Crippen LogP contribution is 1.99. The van der Waals surface area contributed by atoms with Gasteiger partial charge in [-0.2, -0.15) is 0 Å². The summed E-state index contributed by atoms with van der Waals surface area (Å²) in [6.07, 6.45) is 4.06. The second-order valence-electron chi connectivity index (χ2n) is 2.53. The van der Waals surface area contributed by atoms with Crippen molar-refractivity contribution in [2.75, 3.05) is 6.54 Å². The molecule has 0 bridgehead atoms. The summed E-state index contributed by atoms with van der Waals surface area (Å²) in [6.45, 7) is 2.43. The molecule has 0 spiro atoms. The van der Waals surface area contributed by atoms with Crippen LogP contribution in [0.25, 0.3) is 0 Å². The second-order valence-corrected chi connectivity index (χ2v) is 2.53. The Hall–Kier alpha value is -1.47.